The number of nitrogens with one attached hydrogen (secondary N) is 2. The number of aliphatic hydroxyl groups excluding tert-OH is 1. The molecule has 0 saturated heterocycles. The molecule has 2 aromatic rings. The fourth-order valence-electron chi connectivity index (χ4n) is 2.20. The fourth-order valence-corrected chi connectivity index (χ4v) is 2.46. The van der Waals surface area contributed by atoms with E-state index in [-0.39, 0.29) is 19.6 Å². The van der Waals surface area contributed by atoms with E-state index in [2.05, 4.69) is 10.6 Å². The molecule has 0 saturated carbocycles. The molecule has 0 fully saturated rings. The minimum Gasteiger partial charge on any atom is -0.394 e. The maximum absolute atomic E-state index is 13.6. The number of halogens is 2. The van der Waals surface area contributed by atoms with Crippen LogP contribution >= 0.6 is 11.6 Å². The zero-order chi connectivity index (χ0) is 16.7. The molecule has 0 aliphatic heterocycles. The van der Waals surface area contributed by atoms with Gasteiger partial charge in [-0.15, -0.1) is 0 Å². The molecule has 1 atom stereocenters. The predicted molar refractivity (Wildman–Crippen MR) is 87.9 cm³/mol. The number of hydrogen-bond donors (Lipinski definition) is 3. The number of carbonyl (C=O) groups is 1. The summed E-state index contributed by atoms with van der Waals surface area (Å²) in [7, 11) is 0. The number of hydrogen-bond acceptors (Lipinski definition) is 2. The van der Waals surface area contributed by atoms with Crippen molar-refractivity contribution in [1.29, 1.82) is 0 Å². The standard InChI is InChI=1S/C17H18ClFN2O2/c18-14-7-4-8-15(19)13(14)9-10-20-17(23)21-16(11-22)12-5-2-1-3-6-12/h1-8,16,22H,9-11H2,(H2,20,21,23)/t16-/m1/s1. The minimum absolute atomic E-state index is 0.212. The van der Waals surface area contributed by atoms with Crippen molar-refractivity contribution in [2.75, 3.05) is 13.2 Å². The van der Waals surface area contributed by atoms with E-state index in [1.165, 1.54) is 12.1 Å². The highest BCUT2D eigenvalue weighted by Gasteiger charge is 2.13. The van der Waals surface area contributed by atoms with Gasteiger partial charge in [0.25, 0.3) is 0 Å². The van der Waals surface area contributed by atoms with Gasteiger partial charge in [-0.1, -0.05) is 48.0 Å². The third kappa shape index (κ3) is 4.94. The number of benzene rings is 2. The van der Waals surface area contributed by atoms with Crippen LogP contribution in [0, 0.1) is 5.82 Å². The van der Waals surface area contributed by atoms with Crippen LogP contribution in [-0.4, -0.2) is 24.3 Å². The van der Waals surface area contributed by atoms with Crippen molar-refractivity contribution < 1.29 is 14.3 Å². The topological polar surface area (TPSA) is 61.4 Å². The smallest absolute Gasteiger partial charge is 0.315 e. The van der Waals surface area contributed by atoms with Crippen molar-refractivity contribution in [3.63, 3.8) is 0 Å². The number of amides is 2. The summed E-state index contributed by atoms with van der Waals surface area (Å²) in [5.41, 5.74) is 1.18. The highest BCUT2D eigenvalue weighted by molar-refractivity contribution is 6.31. The highest BCUT2D eigenvalue weighted by atomic mass is 35.5. The van der Waals surface area contributed by atoms with Crippen LogP contribution in [0.2, 0.25) is 5.02 Å². The van der Waals surface area contributed by atoms with E-state index >= 15 is 0 Å². The Bertz CT molecular complexity index is 632. The van der Waals surface area contributed by atoms with Crippen molar-refractivity contribution in [3.8, 4) is 0 Å². The summed E-state index contributed by atoms with van der Waals surface area (Å²) in [5, 5.41) is 15.0. The molecule has 4 nitrogen and oxygen atoms in total. The molecule has 6 heteroatoms. The first kappa shape index (κ1) is 17.2. The average molecular weight is 337 g/mol. The molecule has 0 aliphatic carbocycles. The number of aliphatic hydroxyl groups is 1. The lowest BCUT2D eigenvalue weighted by Crippen LogP contribution is -2.40. The van der Waals surface area contributed by atoms with Crippen molar-refractivity contribution in [1.82, 2.24) is 10.6 Å². The first-order valence-corrected chi connectivity index (χ1v) is 7.62. The Hall–Kier alpha value is -2.11. The molecular weight excluding hydrogens is 319 g/mol. The van der Waals surface area contributed by atoms with E-state index in [0.29, 0.717) is 10.6 Å². The molecule has 0 radical (unpaired) electrons. The molecule has 3 N–H and O–H groups in total. The van der Waals surface area contributed by atoms with E-state index < -0.39 is 17.9 Å². The van der Waals surface area contributed by atoms with Gasteiger partial charge >= 0.3 is 6.03 Å². The second-order valence-corrected chi connectivity index (χ2v) is 5.40. The largest absolute Gasteiger partial charge is 0.394 e. The lowest BCUT2D eigenvalue weighted by molar-refractivity contribution is 0.217. The summed E-state index contributed by atoms with van der Waals surface area (Å²) in [6.45, 7) is 0.0238. The zero-order valence-corrected chi connectivity index (χ0v) is 13.2. The maximum atomic E-state index is 13.6. The molecule has 2 rings (SSSR count). The van der Waals surface area contributed by atoms with Crippen LogP contribution in [0.25, 0.3) is 0 Å². The molecule has 0 unspecified atom stereocenters. The van der Waals surface area contributed by atoms with Crippen molar-refractivity contribution in [2.45, 2.75) is 12.5 Å². The van der Waals surface area contributed by atoms with Crippen LogP contribution in [0.3, 0.4) is 0 Å². The highest BCUT2D eigenvalue weighted by Crippen LogP contribution is 2.19. The van der Waals surface area contributed by atoms with Gasteiger partial charge < -0.3 is 15.7 Å². The maximum Gasteiger partial charge on any atom is 0.315 e. The lowest BCUT2D eigenvalue weighted by atomic mass is 10.1. The Balaban J connectivity index is 1.85. The van der Waals surface area contributed by atoms with Gasteiger partial charge in [0.1, 0.15) is 5.82 Å². The van der Waals surface area contributed by atoms with Crippen LogP contribution in [0.1, 0.15) is 17.2 Å². The van der Waals surface area contributed by atoms with E-state index in [1.807, 2.05) is 30.3 Å². The molecule has 0 aliphatic rings. The van der Waals surface area contributed by atoms with Gasteiger partial charge in [-0.2, -0.15) is 0 Å². The Morgan fingerprint density at radius 1 is 1.17 bits per heavy atom. The quantitative estimate of drug-likeness (QED) is 0.759. The Kier molecular flexibility index (Phi) is 6.38. The summed E-state index contributed by atoms with van der Waals surface area (Å²) < 4.78 is 13.6. The molecular formula is C17H18ClFN2O2. The van der Waals surface area contributed by atoms with Crippen molar-refractivity contribution in [3.05, 3.63) is 70.5 Å². The molecule has 122 valence electrons. The predicted octanol–water partition coefficient (Wildman–Crippen LogP) is 3.05. The zero-order valence-electron chi connectivity index (χ0n) is 12.4. The van der Waals surface area contributed by atoms with Gasteiger partial charge in [-0.25, -0.2) is 9.18 Å². The van der Waals surface area contributed by atoms with Crippen molar-refractivity contribution >= 4 is 17.6 Å². The van der Waals surface area contributed by atoms with Gasteiger partial charge in [0.2, 0.25) is 0 Å². The monoisotopic (exact) mass is 336 g/mol. The van der Waals surface area contributed by atoms with Crippen LogP contribution < -0.4 is 10.6 Å². The normalized spacial score (nSPS) is 11.8. The fraction of sp³-hybridized carbons (Fsp3) is 0.235. The second-order valence-electron chi connectivity index (χ2n) is 5.00. The molecule has 23 heavy (non-hydrogen) atoms. The van der Waals surface area contributed by atoms with Crippen molar-refractivity contribution in [2.24, 2.45) is 0 Å². The van der Waals surface area contributed by atoms with Gasteiger partial charge in [0.05, 0.1) is 12.6 Å². The summed E-state index contributed by atoms with van der Waals surface area (Å²) in [5.74, 6) is -0.391. The second kappa shape index (κ2) is 8.50. The molecule has 2 amide bonds. The first-order chi connectivity index (χ1) is 11.1. The summed E-state index contributed by atoms with van der Waals surface area (Å²) in [6, 6.07) is 12.7. The third-order valence-electron chi connectivity index (χ3n) is 3.41. The van der Waals surface area contributed by atoms with E-state index in [0.717, 1.165) is 5.56 Å². The summed E-state index contributed by atoms with van der Waals surface area (Å²) in [6.07, 6.45) is 0.286. The third-order valence-corrected chi connectivity index (χ3v) is 3.77. The SMILES string of the molecule is O=C(NCCc1c(F)cccc1Cl)N[C@H](CO)c1ccccc1. The van der Waals surface area contributed by atoms with Gasteiger partial charge in [-0.05, 0) is 24.1 Å². The van der Waals surface area contributed by atoms with Gasteiger partial charge in [0, 0.05) is 17.1 Å². The number of carbonyl (C=O) groups excluding carboxylic acids is 1. The summed E-state index contributed by atoms with van der Waals surface area (Å²) in [4.78, 5) is 11.9. The van der Waals surface area contributed by atoms with E-state index in [4.69, 9.17) is 11.6 Å². The van der Waals surface area contributed by atoms with Crippen LogP contribution in [-0.2, 0) is 6.42 Å². The van der Waals surface area contributed by atoms with E-state index in [1.54, 1.807) is 6.07 Å². The number of rotatable bonds is 6. The Labute approximate surface area is 139 Å². The Morgan fingerprint density at radius 2 is 1.91 bits per heavy atom. The average Bonchev–Trinajstić information content (AvgIpc) is 2.56. The number of urea groups is 1. The van der Waals surface area contributed by atoms with Gasteiger partial charge in [-0.3, -0.25) is 0 Å². The van der Waals surface area contributed by atoms with Crippen LogP contribution in [0.4, 0.5) is 9.18 Å². The van der Waals surface area contributed by atoms with Gasteiger partial charge in [0.15, 0.2) is 0 Å². The molecule has 0 bridgehead atoms. The van der Waals surface area contributed by atoms with Crippen LogP contribution in [0.5, 0.6) is 0 Å². The summed E-state index contributed by atoms with van der Waals surface area (Å²) >= 11 is 5.93. The first-order valence-electron chi connectivity index (χ1n) is 7.25. The Morgan fingerprint density at radius 3 is 2.57 bits per heavy atom. The van der Waals surface area contributed by atoms with E-state index in [9.17, 15) is 14.3 Å². The molecule has 0 spiro atoms. The molecule has 0 heterocycles. The minimum atomic E-state index is -0.492. The molecule has 0 aromatic heterocycles. The molecule has 2 aromatic carbocycles. The lowest BCUT2D eigenvalue weighted by Gasteiger charge is -2.17. The van der Waals surface area contributed by atoms with Crippen LogP contribution in [0.15, 0.2) is 48.5 Å².